The van der Waals surface area contributed by atoms with Gasteiger partial charge in [0.1, 0.15) is 0 Å². The van der Waals surface area contributed by atoms with Crippen LogP contribution in [0.1, 0.15) is 24.5 Å². The highest BCUT2D eigenvalue weighted by molar-refractivity contribution is 6.43. The Bertz CT molecular complexity index is 730. The Labute approximate surface area is 129 Å². The van der Waals surface area contributed by atoms with E-state index in [4.69, 9.17) is 0 Å². The van der Waals surface area contributed by atoms with E-state index in [1.54, 1.807) is 0 Å². The average molecular weight is 291 g/mol. The second-order valence-electron chi connectivity index (χ2n) is 5.32. The molecule has 1 aliphatic heterocycles. The average Bonchev–Trinajstić information content (AvgIpc) is 2.84. The number of hydrogen-bond acceptors (Lipinski definition) is 2. The fourth-order valence-electron chi connectivity index (χ4n) is 2.64. The maximum absolute atomic E-state index is 12.6. The van der Waals surface area contributed by atoms with Gasteiger partial charge in [-0.1, -0.05) is 55.8 Å². The number of aryl methyl sites for hydroxylation is 1. The van der Waals surface area contributed by atoms with E-state index in [2.05, 4.69) is 6.92 Å². The predicted molar refractivity (Wildman–Crippen MR) is 87.3 cm³/mol. The molecule has 0 saturated carbocycles. The van der Waals surface area contributed by atoms with Crippen LogP contribution in [-0.2, 0) is 16.0 Å². The first-order valence-corrected chi connectivity index (χ1v) is 7.45. The summed E-state index contributed by atoms with van der Waals surface area (Å²) >= 11 is 0. The molecule has 0 fully saturated rings. The standard InChI is InChI=1S/C19H17NO2/c1-2-6-14-9-11-16(12-10-14)20-18(21)13-17(19(20)22)15-7-4-3-5-8-15/h3-5,7-13H,2,6H2,1H3. The summed E-state index contributed by atoms with van der Waals surface area (Å²) in [5.74, 6) is -0.550. The van der Waals surface area contributed by atoms with E-state index in [-0.39, 0.29) is 11.8 Å². The highest BCUT2D eigenvalue weighted by atomic mass is 16.2. The molecule has 3 nitrogen and oxygen atoms in total. The van der Waals surface area contributed by atoms with Crippen LogP contribution in [0.2, 0.25) is 0 Å². The number of benzene rings is 2. The SMILES string of the molecule is CCCc1ccc(N2C(=O)C=C(c3ccccc3)C2=O)cc1. The van der Waals surface area contributed by atoms with Gasteiger partial charge in [-0.05, 0) is 29.7 Å². The van der Waals surface area contributed by atoms with Crippen LogP contribution in [0.25, 0.3) is 5.57 Å². The van der Waals surface area contributed by atoms with Crippen molar-refractivity contribution in [1.82, 2.24) is 0 Å². The predicted octanol–water partition coefficient (Wildman–Crippen LogP) is 3.60. The number of imide groups is 1. The van der Waals surface area contributed by atoms with Gasteiger partial charge in [-0.25, -0.2) is 4.90 Å². The summed E-state index contributed by atoms with van der Waals surface area (Å²) in [6.07, 6.45) is 3.48. The number of carbonyl (C=O) groups is 2. The molecule has 22 heavy (non-hydrogen) atoms. The first kappa shape index (κ1) is 14.3. The van der Waals surface area contributed by atoms with Gasteiger partial charge in [0.05, 0.1) is 11.3 Å². The van der Waals surface area contributed by atoms with Gasteiger partial charge in [0, 0.05) is 6.08 Å². The Hall–Kier alpha value is -2.68. The van der Waals surface area contributed by atoms with E-state index < -0.39 is 0 Å². The second kappa shape index (κ2) is 5.98. The Morgan fingerprint density at radius 2 is 1.59 bits per heavy atom. The van der Waals surface area contributed by atoms with Crippen molar-refractivity contribution in [3.05, 3.63) is 71.8 Å². The molecule has 0 N–H and O–H groups in total. The third-order valence-electron chi connectivity index (χ3n) is 3.74. The highest BCUT2D eigenvalue weighted by Crippen LogP contribution is 2.28. The van der Waals surface area contributed by atoms with Crippen LogP contribution < -0.4 is 4.90 Å². The molecule has 1 heterocycles. The fraction of sp³-hybridized carbons (Fsp3) is 0.158. The number of carbonyl (C=O) groups excluding carboxylic acids is 2. The minimum Gasteiger partial charge on any atom is -0.269 e. The van der Waals surface area contributed by atoms with Crippen molar-refractivity contribution >= 4 is 23.1 Å². The quantitative estimate of drug-likeness (QED) is 0.807. The highest BCUT2D eigenvalue weighted by Gasteiger charge is 2.32. The third kappa shape index (κ3) is 2.58. The monoisotopic (exact) mass is 291 g/mol. The van der Waals surface area contributed by atoms with Crippen molar-refractivity contribution < 1.29 is 9.59 Å². The number of nitrogens with zero attached hydrogens (tertiary/aromatic N) is 1. The lowest BCUT2D eigenvalue weighted by molar-refractivity contribution is -0.119. The van der Waals surface area contributed by atoms with E-state index in [9.17, 15) is 9.59 Å². The molecule has 3 rings (SSSR count). The Kier molecular flexibility index (Phi) is 3.88. The zero-order valence-electron chi connectivity index (χ0n) is 12.5. The summed E-state index contributed by atoms with van der Waals surface area (Å²) in [4.78, 5) is 26.0. The first-order chi connectivity index (χ1) is 10.7. The van der Waals surface area contributed by atoms with Crippen LogP contribution in [0, 0.1) is 0 Å². The summed E-state index contributed by atoms with van der Waals surface area (Å²) in [6, 6.07) is 16.9. The lowest BCUT2D eigenvalue weighted by Crippen LogP contribution is -2.30. The zero-order valence-corrected chi connectivity index (χ0v) is 12.5. The molecular weight excluding hydrogens is 274 g/mol. The smallest absolute Gasteiger partial charge is 0.266 e. The van der Waals surface area contributed by atoms with Crippen LogP contribution in [0.3, 0.4) is 0 Å². The summed E-state index contributed by atoms with van der Waals surface area (Å²) in [5, 5.41) is 0. The number of rotatable bonds is 4. The minimum atomic E-state index is -0.285. The molecular formula is C19H17NO2. The summed E-state index contributed by atoms with van der Waals surface area (Å²) in [5.41, 5.74) is 3.05. The minimum absolute atomic E-state index is 0.264. The molecule has 110 valence electrons. The van der Waals surface area contributed by atoms with E-state index >= 15 is 0 Å². The van der Waals surface area contributed by atoms with Crippen molar-refractivity contribution in [3.8, 4) is 0 Å². The first-order valence-electron chi connectivity index (χ1n) is 7.45. The van der Waals surface area contributed by atoms with Gasteiger partial charge >= 0.3 is 0 Å². The fourth-order valence-corrected chi connectivity index (χ4v) is 2.64. The van der Waals surface area contributed by atoms with Crippen molar-refractivity contribution in [2.75, 3.05) is 4.90 Å². The van der Waals surface area contributed by atoms with Crippen molar-refractivity contribution in [2.45, 2.75) is 19.8 Å². The van der Waals surface area contributed by atoms with Crippen LogP contribution in [0.5, 0.6) is 0 Å². The van der Waals surface area contributed by atoms with Gasteiger partial charge in [-0.2, -0.15) is 0 Å². The van der Waals surface area contributed by atoms with E-state index in [1.165, 1.54) is 16.5 Å². The molecule has 0 unspecified atom stereocenters. The molecule has 0 aromatic heterocycles. The maximum atomic E-state index is 12.6. The third-order valence-corrected chi connectivity index (χ3v) is 3.74. The largest absolute Gasteiger partial charge is 0.269 e. The Balaban J connectivity index is 1.88. The summed E-state index contributed by atoms with van der Waals surface area (Å²) in [6.45, 7) is 2.12. The normalized spacial score (nSPS) is 14.4. The lowest BCUT2D eigenvalue weighted by Gasteiger charge is -2.15. The number of amides is 2. The zero-order chi connectivity index (χ0) is 15.5. The van der Waals surface area contributed by atoms with Crippen LogP contribution in [0.15, 0.2) is 60.7 Å². The van der Waals surface area contributed by atoms with Crippen molar-refractivity contribution in [1.29, 1.82) is 0 Å². The van der Waals surface area contributed by atoms with Gasteiger partial charge in [0.15, 0.2) is 0 Å². The molecule has 0 spiro atoms. The van der Waals surface area contributed by atoms with Gasteiger partial charge in [0.25, 0.3) is 11.8 Å². The summed E-state index contributed by atoms with van der Waals surface area (Å²) in [7, 11) is 0. The Morgan fingerprint density at radius 1 is 0.909 bits per heavy atom. The molecule has 2 aromatic rings. The molecule has 0 radical (unpaired) electrons. The van der Waals surface area contributed by atoms with Gasteiger partial charge in [-0.15, -0.1) is 0 Å². The van der Waals surface area contributed by atoms with Crippen LogP contribution in [0.4, 0.5) is 5.69 Å². The summed E-state index contributed by atoms with van der Waals surface area (Å²) < 4.78 is 0. The van der Waals surface area contributed by atoms with Gasteiger partial charge in [-0.3, -0.25) is 9.59 Å². The van der Waals surface area contributed by atoms with Crippen molar-refractivity contribution in [3.63, 3.8) is 0 Å². The molecule has 0 bridgehead atoms. The molecule has 0 aliphatic carbocycles. The number of anilines is 1. The molecule has 3 heteroatoms. The second-order valence-corrected chi connectivity index (χ2v) is 5.32. The molecule has 2 aromatic carbocycles. The van der Waals surface area contributed by atoms with Crippen LogP contribution in [-0.4, -0.2) is 11.8 Å². The molecule has 0 saturated heterocycles. The van der Waals surface area contributed by atoms with E-state index in [0.717, 1.165) is 18.4 Å². The van der Waals surface area contributed by atoms with Crippen molar-refractivity contribution in [2.24, 2.45) is 0 Å². The molecule has 0 atom stereocenters. The van der Waals surface area contributed by atoms with E-state index in [0.29, 0.717) is 11.3 Å². The molecule has 2 amide bonds. The number of hydrogen-bond donors (Lipinski definition) is 0. The lowest BCUT2D eigenvalue weighted by atomic mass is 10.1. The topological polar surface area (TPSA) is 37.4 Å². The maximum Gasteiger partial charge on any atom is 0.266 e. The van der Waals surface area contributed by atoms with Gasteiger partial charge < -0.3 is 0 Å². The van der Waals surface area contributed by atoms with E-state index in [1.807, 2.05) is 54.6 Å². The van der Waals surface area contributed by atoms with Crippen LogP contribution >= 0.6 is 0 Å². The molecule has 1 aliphatic rings. The Morgan fingerprint density at radius 3 is 2.23 bits per heavy atom. The van der Waals surface area contributed by atoms with Gasteiger partial charge in [0.2, 0.25) is 0 Å².